The highest BCUT2D eigenvalue weighted by molar-refractivity contribution is 7.80. The number of hydrogen-bond acceptors (Lipinski definition) is 21. The van der Waals surface area contributed by atoms with E-state index in [1.807, 2.05) is 0 Å². The van der Waals surface area contributed by atoms with E-state index in [0.717, 1.165) is 6.92 Å². The number of primary amides is 5. The van der Waals surface area contributed by atoms with Crippen LogP contribution in [-0.2, 0) is 106 Å². The molecule has 0 fully saturated rings. The molecule has 0 radical (unpaired) electrons. The first-order chi connectivity index (χ1) is 52.9. The second-order valence-corrected chi connectivity index (χ2v) is 27.4. The number of aromatic amines is 2. The highest BCUT2D eigenvalue weighted by Gasteiger charge is 2.38. The number of nitrogens with two attached hydrogens (primary N) is 5. The third-order valence-electron chi connectivity index (χ3n) is 17.2. The summed E-state index contributed by atoms with van der Waals surface area (Å²) in [4.78, 5) is 248. The van der Waals surface area contributed by atoms with Crippen LogP contribution in [0.5, 0.6) is 5.75 Å². The van der Waals surface area contributed by atoms with Crippen LogP contribution in [0.15, 0.2) is 85.2 Å². The molecule has 0 bridgehead atoms. The van der Waals surface area contributed by atoms with Crippen molar-refractivity contribution in [3.63, 3.8) is 0 Å². The molecular formula is C71H95N19O20S2. The van der Waals surface area contributed by atoms with Gasteiger partial charge in [0.05, 0.1) is 19.4 Å². The number of amides is 17. The van der Waals surface area contributed by atoms with E-state index >= 15 is 9.59 Å². The van der Waals surface area contributed by atoms with Crippen LogP contribution in [-0.4, -0.2) is 211 Å². The largest absolute Gasteiger partial charge is 0.508 e. The fourth-order valence-electron chi connectivity index (χ4n) is 11.4. The Morgan fingerprint density at radius 1 is 0.375 bits per heavy atom. The minimum absolute atomic E-state index is 0.137. The molecule has 5 aromatic rings. The normalized spacial score (nSPS) is 14.0. The van der Waals surface area contributed by atoms with Crippen molar-refractivity contribution >= 4 is 153 Å². The number of hydrogen-bond donors (Lipinski definition) is 23. The van der Waals surface area contributed by atoms with Crippen LogP contribution in [0.25, 0.3) is 21.8 Å². The number of rotatable bonds is 48. The predicted molar refractivity (Wildman–Crippen MR) is 408 cm³/mol. The number of aromatic nitrogens is 2. The highest BCUT2D eigenvalue weighted by Crippen LogP contribution is 2.23. The molecule has 0 aliphatic carbocycles. The number of carbonyl (C=O) groups excluding carboxylic acids is 17. The maximum absolute atomic E-state index is 15.1. The SMILES string of the molecule is CC(=O)N[C@@H](CS)C(=O)N[C@@H](CCC(N)=O)C(=O)N[C@@H](CC(N)=O)C(=O)N[C@@H](Cc1c[nH]c2ccccc12)C(=O)N[C@@H](CCC(N)=O)C(=O)N[C@@H](CS)C(=O)N[C@@H](Cc1ccc(O)cc1)C(=O)N[C@@H](Cc1c[nH]c2ccccc12)C(=O)N[C@@H](CCC(C)C)C(=O)N[C@@H](CCC(=O)O)C(=O)N[C@@H](CC(N)=O)C(=O)NCC(N)=O. The van der Waals surface area contributed by atoms with Crippen molar-refractivity contribution in [2.75, 3.05) is 18.1 Å². The zero-order valence-electron chi connectivity index (χ0n) is 61.3. The average molecular weight is 1600 g/mol. The fraction of sp³-hybridized carbons (Fsp3) is 0.437. The second-order valence-electron chi connectivity index (χ2n) is 26.7. The standard InChI is InChI=1S/C71H95N19O20S2/c1-34(2)12-17-44(62(101)81-47(20-23-60(98)99)64(103)88-51(27-57(74)95)61(100)79-31-59(76)97)82-67(106)49(25-37-29-77-42-10-6-4-8-40(37)42)86-66(105)48(24-36-13-15-39(92)16-14-36)85-71(110)54(33-112)90-65(104)46(19-22-56(73)94)83-68(107)50(26-38-30-78-43-11-7-5-9-41(38)43)87-69(108)52(28-58(75)96)89-63(102)45(18-21-55(72)93)84-70(109)53(32-111)80-35(3)91/h4-11,13-16,29-30,34,44-54,77-78,92,111-112H,12,17-28,31-33H2,1-3H3,(H2,72,93)(H2,73,94)(H2,74,95)(H2,75,96)(H2,76,97)(H,79,100)(H,80,91)(H,81,101)(H,82,106)(H,83,107)(H,84,109)(H,85,110)(H,86,105)(H,87,108)(H,88,103)(H,89,102)(H,90,104)(H,98,99)/t44-,45-,46-,47-,48-,49-,50-,51-,52-,53-,54-/m0/s1. The summed E-state index contributed by atoms with van der Waals surface area (Å²) in [5.74, 6) is -20.4. The maximum Gasteiger partial charge on any atom is 0.303 e. The molecule has 3 aromatic carbocycles. The monoisotopic (exact) mass is 1600 g/mol. The molecular weight excluding hydrogens is 1500 g/mol. The van der Waals surface area contributed by atoms with E-state index in [0.29, 0.717) is 38.5 Å². The number of carboxylic acids is 1. The number of carboxylic acid groups (broad SMARTS) is 1. The fourth-order valence-corrected chi connectivity index (χ4v) is 11.9. The number of phenols is 1. The van der Waals surface area contributed by atoms with Crippen molar-refractivity contribution < 1.29 is 96.5 Å². The molecule has 0 aliphatic heterocycles. The van der Waals surface area contributed by atoms with Gasteiger partial charge in [-0.2, -0.15) is 25.3 Å². The average Bonchev–Trinajstić information content (AvgIpc) is 1.63. The van der Waals surface area contributed by atoms with E-state index in [9.17, 15) is 86.9 Å². The Balaban J connectivity index is 1.49. The molecule has 0 spiro atoms. The number of carbonyl (C=O) groups is 18. The summed E-state index contributed by atoms with van der Waals surface area (Å²) in [5, 5.41) is 50.2. The van der Waals surface area contributed by atoms with Gasteiger partial charge in [-0.15, -0.1) is 0 Å². The molecule has 2 aromatic heterocycles. The number of H-pyrrole nitrogens is 2. The molecule has 11 atom stereocenters. The lowest BCUT2D eigenvalue weighted by Gasteiger charge is -2.28. The van der Waals surface area contributed by atoms with Gasteiger partial charge in [0.15, 0.2) is 0 Å². The third-order valence-corrected chi connectivity index (χ3v) is 18.0. The van der Waals surface area contributed by atoms with E-state index in [2.05, 4.69) is 99.0 Å². The lowest BCUT2D eigenvalue weighted by Crippen LogP contribution is -2.61. The lowest BCUT2D eigenvalue weighted by molar-refractivity contribution is -0.139. The van der Waals surface area contributed by atoms with E-state index < -0.39 is 249 Å². The Bertz CT molecular complexity index is 4270. The van der Waals surface area contributed by atoms with Gasteiger partial charge in [-0.25, -0.2) is 0 Å². The molecule has 17 amide bonds. The van der Waals surface area contributed by atoms with Crippen molar-refractivity contribution in [1.82, 2.24) is 73.8 Å². The maximum atomic E-state index is 15.1. The number of para-hydroxylation sites is 2. The van der Waals surface area contributed by atoms with E-state index in [-0.39, 0.29) is 36.7 Å². The van der Waals surface area contributed by atoms with Crippen molar-refractivity contribution in [1.29, 1.82) is 0 Å². The number of benzene rings is 3. The summed E-state index contributed by atoms with van der Waals surface area (Å²) in [5.41, 5.74) is 29.3. The smallest absolute Gasteiger partial charge is 0.303 e. The van der Waals surface area contributed by atoms with Gasteiger partial charge in [0.2, 0.25) is 100 Å². The van der Waals surface area contributed by atoms with Crippen LogP contribution < -0.4 is 92.5 Å². The first-order valence-corrected chi connectivity index (χ1v) is 36.5. The predicted octanol–water partition coefficient (Wildman–Crippen LogP) is -5.22. The number of aromatic hydroxyl groups is 1. The van der Waals surface area contributed by atoms with Crippen LogP contribution in [0, 0.1) is 5.92 Å². The summed E-state index contributed by atoms with van der Waals surface area (Å²) in [6.45, 7) is 3.99. The summed E-state index contributed by atoms with van der Waals surface area (Å²) >= 11 is 8.42. The van der Waals surface area contributed by atoms with Gasteiger partial charge in [-0.1, -0.05) is 62.4 Å². The Hall–Kier alpha value is -12.3. The van der Waals surface area contributed by atoms with Gasteiger partial charge in [0.25, 0.3) is 0 Å². The van der Waals surface area contributed by atoms with Crippen LogP contribution in [0.2, 0.25) is 0 Å². The Kier molecular flexibility index (Phi) is 35.8. The van der Waals surface area contributed by atoms with Crippen LogP contribution >= 0.6 is 25.3 Å². The summed E-state index contributed by atoms with van der Waals surface area (Å²) < 4.78 is 0. The molecule has 26 N–H and O–H groups in total. The molecule has 0 saturated carbocycles. The molecule has 0 saturated heterocycles. The molecule has 0 unspecified atom stereocenters. The second kappa shape index (κ2) is 44.4. The van der Waals surface area contributed by atoms with Gasteiger partial charge in [0, 0.05) is 91.2 Å². The molecule has 0 aliphatic rings. The van der Waals surface area contributed by atoms with Gasteiger partial charge >= 0.3 is 5.97 Å². The van der Waals surface area contributed by atoms with Crippen molar-refractivity contribution in [2.24, 2.45) is 34.6 Å². The topological polar surface area (TPSA) is 654 Å². The van der Waals surface area contributed by atoms with E-state index in [1.54, 1.807) is 68.6 Å². The first-order valence-electron chi connectivity index (χ1n) is 35.3. The Morgan fingerprint density at radius 3 is 1.08 bits per heavy atom. The molecule has 2 heterocycles. The molecule has 41 heteroatoms. The third kappa shape index (κ3) is 29.9. The minimum atomic E-state index is -1.92. The molecule has 39 nitrogen and oxygen atoms in total. The number of thiol groups is 2. The van der Waals surface area contributed by atoms with Crippen LogP contribution in [0.3, 0.4) is 0 Å². The van der Waals surface area contributed by atoms with Crippen LogP contribution in [0.1, 0.15) is 102 Å². The van der Waals surface area contributed by atoms with Gasteiger partial charge in [-0.05, 0) is 79.0 Å². The van der Waals surface area contributed by atoms with Crippen molar-refractivity contribution in [3.05, 3.63) is 102 Å². The van der Waals surface area contributed by atoms with E-state index in [1.165, 1.54) is 30.5 Å². The zero-order valence-corrected chi connectivity index (χ0v) is 63.1. The summed E-state index contributed by atoms with van der Waals surface area (Å²) in [7, 11) is 0. The minimum Gasteiger partial charge on any atom is -0.508 e. The zero-order chi connectivity index (χ0) is 83.1. The summed E-state index contributed by atoms with van der Waals surface area (Å²) in [6.07, 6.45) is -3.16. The van der Waals surface area contributed by atoms with Gasteiger partial charge < -0.3 is 113 Å². The number of phenolic OH excluding ortho intramolecular Hbond substituents is 1. The van der Waals surface area contributed by atoms with Gasteiger partial charge in [0.1, 0.15) is 72.2 Å². The lowest BCUT2D eigenvalue weighted by atomic mass is 9.99. The molecule has 606 valence electrons. The highest BCUT2D eigenvalue weighted by atomic mass is 32.1. The first kappa shape index (κ1) is 90.3. The number of aliphatic carboxylic acids is 1. The van der Waals surface area contributed by atoms with Crippen molar-refractivity contribution in [2.45, 2.75) is 171 Å². The Labute approximate surface area is 651 Å². The van der Waals surface area contributed by atoms with Crippen LogP contribution in [0.4, 0.5) is 0 Å². The number of nitrogens with one attached hydrogen (secondary N) is 14. The Morgan fingerprint density at radius 2 is 0.705 bits per heavy atom. The van der Waals surface area contributed by atoms with Crippen molar-refractivity contribution in [3.8, 4) is 5.75 Å². The quantitative estimate of drug-likeness (QED) is 0.0162. The molecule has 5 rings (SSSR count). The number of fused-ring (bicyclic) bond motifs is 2. The van der Waals surface area contributed by atoms with Gasteiger partial charge in [-0.3, -0.25) is 86.3 Å². The molecule has 112 heavy (non-hydrogen) atoms. The summed E-state index contributed by atoms with van der Waals surface area (Å²) in [6, 6.07) is 0.393. The van der Waals surface area contributed by atoms with E-state index in [4.69, 9.17) is 28.7 Å².